The van der Waals surface area contributed by atoms with Crippen molar-refractivity contribution in [2.75, 3.05) is 5.32 Å². The molecule has 0 aliphatic carbocycles. The van der Waals surface area contributed by atoms with Gasteiger partial charge >= 0.3 is 0 Å². The maximum atomic E-state index is 12.4. The first-order valence-electron chi connectivity index (χ1n) is 8.49. The maximum Gasteiger partial charge on any atom is 0.270 e. The van der Waals surface area contributed by atoms with Crippen molar-refractivity contribution in [1.82, 2.24) is 10.1 Å². The number of aryl methyl sites for hydroxylation is 3. The second kappa shape index (κ2) is 7.80. The number of aromatic nitrogens is 2. The van der Waals surface area contributed by atoms with Gasteiger partial charge in [0.2, 0.25) is 0 Å². The van der Waals surface area contributed by atoms with Gasteiger partial charge in [0.1, 0.15) is 5.75 Å². The van der Waals surface area contributed by atoms with Crippen LogP contribution in [-0.2, 0) is 4.79 Å². The number of carbonyl (C=O) groups excluding carboxylic acids is 1. The van der Waals surface area contributed by atoms with Crippen LogP contribution in [0.3, 0.4) is 0 Å². The van der Waals surface area contributed by atoms with Gasteiger partial charge in [-0.2, -0.15) is 4.98 Å². The first-order valence-corrected chi connectivity index (χ1v) is 8.87. The number of amides is 1. The van der Waals surface area contributed by atoms with Gasteiger partial charge in [-0.15, -0.1) is 0 Å². The van der Waals surface area contributed by atoms with E-state index in [1.54, 1.807) is 19.1 Å². The van der Waals surface area contributed by atoms with Crippen molar-refractivity contribution < 1.29 is 14.1 Å². The van der Waals surface area contributed by atoms with Crippen molar-refractivity contribution in [3.8, 4) is 17.2 Å². The second-order valence-electron chi connectivity index (χ2n) is 6.36. The highest BCUT2D eigenvalue weighted by atomic mass is 35.5. The van der Waals surface area contributed by atoms with Crippen LogP contribution in [0.4, 0.5) is 5.95 Å². The summed E-state index contributed by atoms with van der Waals surface area (Å²) >= 11 is 6.16. The fraction of sp³-hybridized carbons (Fsp3) is 0.250. The zero-order chi connectivity index (χ0) is 19.6. The van der Waals surface area contributed by atoms with E-state index in [0.29, 0.717) is 16.7 Å². The highest BCUT2D eigenvalue weighted by molar-refractivity contribution is 6.32. The van der Waals surface area contributed by atoms with Crippen LogP contribution in [0.25, 0.3) is 11.5 Å². The lowest BCUT2D eigenvalue weighted by Gasteiger charge is -2.15. The van der Waals surface area contributed by atoms with Gasteiger partial charge in [0, 0.05) is 10.6 Å². The Morgan fingerprint density at radius 1 is 1.15 bits per heavy atom. The zero-order valence-corrected chi connectivity index (χ0v) is 16.3. The van der Waals surface area contributed by atoms with Gasteiger partial charge in [-0.05, 0) is 67.7 Å². The minimum atomic E-state index is -0.745. The van der Waals surface area contributed by atoms with E-state index < -0.39 is 6.10 Å². The summed E-state index contributed by atoms with van der Waals surface area (Å²) in [6, 6.07) is 11.2. The number of benzene rings is 2. The predicted molar refractivity (Wildman–Crippen MR) is 104 cm³/mol. The van der Waals surface area contributed by atoms with Gasteiger partial charge < -0.3 is 9.26 Å². The Balaban J connectivity index is 1.68. The van der Waals surface area contributed by atoms with Crippen molar-refractivity contribution in [3.05, 3.63) is 58.1 Å². The summed E-state index contributed by atoms with van der Waals surface area (Å²) < 4.78 is 11.0. The lowest BCUT2D eigenvalue weighted by atomic mass is 10.1. The molecule has 0 saturated carbocycles. The van der Waals surface area contributed by atoms with Crippen molar-refractivity contribution in [2.24, 2.45) is 0 Å². The fourth-order valence-corrected chi connectivity index (χ4v) is 2.75. The topological polar surface area (TPSA) is 77.2 Å². The van der Waals surface area contributed by atoms with Crippen LogP contribution in [0, 0.1) is 20.8 Å². The third-order valence-electron chi connectivity index (χ3n) is 4.13. The largest absolute Gasteiger partial charge is 0.481 e. The molecule has 0 spiro atoms. The number of nitrogens with one attached hydrogen (secondary N) is 1. The molecule has 0 radical (unpaired) electrons. The predicted octanol–water partition coefficient (Wildman–Crippen LogP) is 4.72. The van der Waals surface area contributed by atoms with Gasteiger partial charge in [-0.1, -0.05) is 29.8 Å². The van der Waals surface area contributed by atoms with Crippen LogP contribution in [0.1, 0.15) is 23.6 Å². The molecular formula is C20H20ClN3O3. The number of carbonyl (C=O) groups is 1. The van der Waals surface area contributed by atoms with Crippen LogP contribution >= 0.6 is 11.6 Å². The summed E-state index contributed by atoms with van der Waals surface area (Å²) in [7, 11) is 0. The Hall–Kier alpha value is -2.86. The molecule has 3 aromatic rings. The van der Waals surface area contributed by atoms with Crippen LogP contribution in [0.5, 0.6) is 5.75 Å². The third kappa shape index (κ3) is 4.28. The molecule has 1 amide bonds. The molecule has 0 saturated heterocycles. The number of anilines is 1. The highest BCUT2D eigenvalue weighted by Crippen LogP contribution is 2.27. The molecule has 0 unspecified atom stereocenters. The van der Waals surface area contributed by atoms with E-state index in [2.05, 4.69) is 15.5 Å². The molecule has 0 bridgehead atoms. The number of rotatable bonds is 5. The van der Waals surface area contributed by atoms with Gasteiger partial charge in [0.25, 0.3) is 17.7 Å². The first-order chi connectivity index (χ1) is 12.8. The third-order valence-corrected chi connectivity index (χ3v) is 4.72. The van der Waals surface area contributed by atoms with E-state index in [4.69, 9.17) is 20.9 Å². The quantitative estimate of drug-likeness (QED) is 0.687. The zero-order valence-electron chi connectivity index (χ0n) is 15.5. The SMILES string of the molecule is Cc1ccccc1-c1nc(NC(=O)[C@@H](C)Oc2cc(C)c(Cl)c(C)c2)no1. The number of hydrogen-bond acceptors (Lipinski definition) is 5. The molecule has 0 aliphatic heterocycles. The molecule has 140 valence electrons. The van der Waals surface area contributed by atoms with E-state index >= 15 is 0 Å². The summed E-state index contributed by atoms with van der Waals surface area (Å²) in [5.74, 6) is 0.640. The molecule has 1 heterocycles. The Labute approximate surface area is 162 Å². The highest BCUT2D eigenvalue weighted by Gasteiger charge is 2.19. The van der Waals surface area contributed by atoms with E-state index in [-0.39, 0.29) is 11.9 Å². The lowest BCUT2D eigenvalue weighted by Crippen LogP contribution is -2.30. The van der Waals surface area contributed by atoms with Gasteiger partial charge in [0.15, 0.2) is 6.10 Å². The van der Waals surface area contributed by atoms with Gasteiger partial charge in [-0.25, -0.2) is 0 Å². The van der Waals surface area contributed by atoms with Crippen molar-refractivity contribution in [2.45, 2.75) is 33.8 Å². The van der Waals surface area contributed by atoms with Crippen molar-refractivity contribution in [1.29, 1.82) is 0 Å². The average Bonchev–Trinajstić information content (AvgIpc) is 3.08. The second-order valence-corrected chi connectivity index (χ2v) is 6.74. The first kappa shape index (κ1) is 18.9. The standard InChI is InChI=1S/C20H20ClN3O3/c1-11-7-5-6-8-16(11)19-23-20(24-27-19)22-18(25)14(4)26-15-9-12(2)17(21)13(3)10-15/h5-10,14H,1-4H3,(H,22,24,25)/t14-/m1/s1. The molecule has 3 rings (SSSR count). The van der Waals surface area contributed by atoms with Gasteiger partial charge in [0.05, 0.1) is 0 Å². The smallest absolute Gasteiger partial charge is 0.270 e. The number of hydrogen-bond donors (Lipinski definition) is 1. The Bertz CT molecular complexity index is 961. The van der Waals surface area contributed by atoms with Crippen LogP contribution in [0.15, 0.2) is 40.9 Å². The molecule has 6 nitrogen and oxygen atoms in total. The summed E-state index contributed by atoms with van der Waals surface area (Å²) in [6.07, 6.45) is -0.745. The number of halogens is 1. The minimum Gasteiger partial charge on any atom is -0.481 e. The molecule has 0 aliphatic rings. The van der Waals surface area contributed by atoms with E-state index in [1.165, 1.54) is 0 Å². The molecule has 2 aromatic carbocycles. The Morgan fingerprint density at radius 2 is 1.81 bits per heavy atom. The number of ether oxygens (including phenoxy) is 1. The molecule has 1 aromatic heterocycles. The van der Waals surface area contributed by atoms with Crippen LogP contribution in [-0.4, -0.2) is 22.2 Å². The van der Waals surface area contributed by atoms with Crippen LogP contribution < -0.4 is 10.1 Å². The Morgan fingerprint density at radius 3 is 2.48 bits per heavy atom. The Kier molecular flexibility index (Phi) is 5.46. The minimum absolute atomic E-state index is 0.0946. The molecule has 7 heteroatoms. The summed E-state index contributed by atoms with van der Waals surface area (Å²) in [4.78, 5) is 16.6. The summed E-state index contributed by atoms with van der Waals surface area (Å²) in [5, 5.41) is 7.11. The molecule has 1 atom stereocenters. The number of nitrogens with zero attached hydrogens (tertiary/aromatic N) is 2. The monoisotopic (exact) mass is 385 g/mol. The fourth-order valence-electron chi connectivity index (χ4n) is 2.64. The summed E-state index contributed by atoms with van der Waals surface area (Å²) in [5.41, 5.74) is 3.60. The van der Waals surface area contributed by atoms with Gasteiger partial charge in [-0.3, -0.25) is 10.1 Å². The maximum absolute atomic E-state index is 12.4. The molecule has 27 heavy (non-hydrogen) atoms. The van der Waals surface area contributed by atoms with E-state index in [0.717, 1.165) is 22.3 Å². The van der Waals surface area contributed by atoms with Crippen LogP contribution in [0.2, 0.25) is 5.02 Å². The van der Waals surface area contributed by atoms with E-state index in [9.17, 15) is 4.79 Å². The molecule has 0 fully saturated rings. The summed E-state index contributed by atoms with van der Waals surface area (Å²) in [6.45, 7) is 7.37. The van der Waals surface area contributed by atoms with Crippen molar-refractivity contribution >= 4 is 23.5 Å². The van der Waals surface area contributed by atoms with E-state index in [1.807, 2.05) is 45.0 Å². The molecular weight excluding hydrogens is 366 g/mol. The lowest BCUT2D eigenvalue weighted by molar-refractivity contribution is -0.122. The molecule has 1 N–H and O–H groups in total. The average molecular weight is 386 g/mol. The normalized spacial score (nSPS) is 11.9. The van der Waals surface area contributed by atoms with Crippen molar-refractivity contribution in [3.63, 3.8) is 0 Å².